The lowest BCUT2D eigenvalue weighted by Gasteiger charge is -2.11. The van der Waals surface area contributed by atoms with Gasteiger partial charge in [0.1, 0.15) is 5.75 Å². The highest BCUT2D eigenvalue weighted by atomic mass is 16.6. The Bertz CT molecular complexity index is 1170. The van der Waals surface area contributed by atoms with Gasteiger partial charge in [-0.25, -0.2) is 0 Å². The quantitative estimate of drug-likeness (QED) is 0.148. The molecule has 1 atom stereocenters. The highest BCUT2D eigenvalue weighted by molar-refractivity contribution is 6.19. The minimum absolute atomic E-state index is 0.00678. The Morgan fingerprint density at radius 1 is 0.969 bits per heavy atom. The van der Waals surface area contributed by atoms with E-state index in [1.54, 1.807) is 48.5 Å². The molecule has 0 aliphatic carbocycles. The first-order valence-corrected chi connectivity index (χ1v) is 9.89. The second-order valence-corrected chi connectivity index (χ2v) is 6.91. The number of ketones is 2. The Labute approximate surface area is 184 Å². The lowest BCUT2D eigenvalue weighted by Crippen LogP contribution is -2.28. The summed E-state index contributed by atoms with van der Waals surface area (Å²) in [6.07, 6.45) is 0.806. The van der Waals surface area contributed by atoms with Gasteiger partial charge in [-0.1, -0.05) is 49.4 Å². The molecule has 0 amide bonds. The number of nitrogens with zero attached hydrogens (tertiary/aromatic N) is 3. The van der Waals surface area contributed by atoms with Crippen LogP contribution in [0, 0.1) is 10.1 Å². The molecule has 0 saturated carbocycles. The van der Waals surface area contributed by atoms with Gasteiger partial charge in [-0.3, -0.25) is 19.7 Å². The molecule has 0 radical (unpaired) electrons. The lowest BCUT2D eigenvalue weighted by molar-refractivity contribution is -0.384. The van der Waals surface area contributed by atoms with Crippen molar-refractivity contribution in [2.45, 2.75) is 19.4 Å². The zero-order chi connectivity index (χ0) is 23.1. The van der Waals surface area contributed by atoms with Crippen LogP contribution in [0.15, 0.2) is 83.0 Å². The van der Waals surface area contributed by atoms with Crippen LogP contribution >= 0.6 is 0 Å². The number of hydrogen-bond acceptors (Lipinski definition) is 7. The maximum atomic E-state index is 13.2. The zero-order valence-corrected chi connectivity index (χ0v) is 17.6. The number of benzene rings is 3. The predicted molar refractivity (Wildman–Crippen MR) is 119 cm³/mol. The second kappa shape index (κ2) is 10.2. The van der Waals surface area contributed by atoms with Gasteiger partial charge in [0, 0.05) is 29.3 Å². The highest BCUT2D eigenvalue weighted by Crippen LogP contribution is 2.23. The number of nitro groups is 1. The Morgan fingerprint density at radius 2 is 1.66 bits per heavy atom. The molecule has 0 spiro atoms. The summed E-state index contributed by atoms with van der Waals surface area (Å²) in [5.74, 6) is -0.676. The van der Waals surface area contributed by atoms with Crippen LogP contribution in [0.1, 0.15) is 33.2 Å². The van der Waals surface area contributed by atoms with Crippen molar-refractivity contribution in [1.82, 2.24) is 0 Å². The summed E-state index contributed by atoms with van der Waals surface area (Å²) < 4.78 is 5.15. The highest BCUT2D eigenvalue weighted by Gasteiger charge is 2.29. The predicted octanol–water partition coefficient (Wildman–Crippen LogP) is 5.38. The summed E-state index contributed by atoms with van der Waals surface area (Å²) in [6.45, 7) is 1.99. The molecule has 0 N–H and O–H groups in total. The van der Waals surface area contributed by atoms with Gasteiger partial charge in [-0.2, -0.15) is 10.2 Å². The third-order valence-electron chi connectivity index (χ3n) is 4.83. The molecule has 0 heterocycles. The molecule has 0 aliphatic rings. The normalized spacial score (nSPS) is 11.8. The average molecular weight is 431 g/mol. The van der Waals surface area contributed by atoms with E-state index in [0.717, 1.165) is 18.1 Å². The lowest BCUT2D eigenvalue weighted by atomic mass is 9.96. The van der Waals surface area contributed by atoms with E-state index in [-0.39, 0.29) is 11.3 Å². The standard InChI is InChI=1S/C24H21N3O5/c1-3-16-10-12-17(13-11-16)23(28)22(26-25-19-7-5-9-21(15-19)32-2)24(29)18-6-4-8-20(14-18)27(30)31/h4-15,22H,3H2,1-2H3. The number of ether oxygens (including phenoxy) is 1. The number of nitro benzene ring substituents is 1. The van der Waals surface area contributed by atoms with E-state index in [0.29, 0.717) is 17.0 Å². The van der Waals surface area contributed by atoms with Crippen molar-refractivity contribution in [3.8, 4) is 5.75 Å². The number of aryl methyl sites for hydroxylation is 1. The topological polar surface area (TPSA) is 111 Å². The van der Waals surface area contributed by atoms with Crippen LogP contribution in [0.4, 0.5) is 11.4 Å². The molecular formula is C24H21N3O5. The van der Waals surface area contributed by atoms with Gasteiger partial charge < -0.3 is 4.74 Å². The van der Waals surface area contributed by atoms with Crippen LogP contribution < -0.4 is 4.74 Å². The van der Waals surface area contributed by atoms with Crippen molar-refractivity contribution in [3.05, 3.63) is 99.6 Å². The number of methoxy groups -OCH3 is 1. The molecule has 8 nitrogen and oxygen atoms in total. The monoisotopic (exact) mass is 431 g/mol. The summed E-state index contributed by atoms with van der Waals surface area (Å²) in [5.41, 5.74) is 1.50. The molecule has 0 saturated heterocycles. The molecule has 3 rings (SSSR count). The first-order valence-electron chi connectivity index (χ1n) is 9.89. The molecule has 162 valence electrons. The number of hydrogen-bond donors (Lipinski definition) is 0. The van der Waals surface area contributed by atoms with Crippen molar-refractivity contribution in [2.24, 2.45) is 10.2 Å². The molecule has 32 heavy (non-hydrogen) atoms. The maximum Gasteiger partial charge on any atom is 0.270 e. The molecule has 0 aliphatic heterocycles. The third kappa shape index (κ3) is 5.28. The van der Waals surface area contributed by atoms with E-state index in [2.05, 4.69) is 10.2 Å². The van der Waals surface area contributed by atoms with Crippen molar-refractivity contribution in [2.75, 3.05) is 7.11 Å². The van der Waals surface area contributed by atoms with Crippen LogP contribution in [0.2, 0.25) is 0 Å². The fraction of sp³-hybridized carbons (Fsp3) is 0.167. The minimum atomic E-state index is -1.49. The minimum Gasteiger partial charge on any atom is -0.497 e. The Balaban J connectivity index is 2.00. The maximum absolute atomic E-state index is 13.2. The number of rotatable bonds is 9. The van der Waals surface area contributed by atoms with E-state index in [1.165, 1.54) is 25.3 Å². The molecule has 0 aromatic heterocycles. The zero-order valence-electron chi connectivity index (χ0n) is 17.6. The van der Waals surface area contributed by atoms with E-state index in [9.17, 15) is 19.7 Å². The fourth-order valence-electron chi connectivity index (χ4n) is 3.01. The summed E-state index contributed by atoms with van der Waals surface area (Å²) in [7, 11) is 1.51. The third-order valence-corrected chi connectivity index (χ3v) is 4.83. The number of carbonyl (C=O) groups excluding carboxylic acids is 2. The molecular weight excluding hydrogens is 410 g/mol. The Kier molecular flexibility index (Phi) is 7.17. The Hall–Kier alpha value is -4.20. The summed E-state index contributed by atoms with van der Waals surface area (Å²) in [6, 6.07) is 17.3. The SMILES string of the molecule is CCc1ccc(C(=O)C(N=Nc2cccc(OC)c2)C(=O)c2cccc([N+](=O)[O-])c2)cc1. The smallest absolute Gasteiger partial charge is 0.270 e. The Morgan fingerprint density at radius 3 is 2.31 bits per heavy atom. The van der Waals surface area contributed by atoms with Crippen LogP contribution in [-0.4, -0.2) is 29.6 Å². The van der Waals surface area contributed by atoms with Gasteiger partial charge in [0.25, 0.3) is 5.69 Å². The summed E-state index contributed by atoms with van der Waals surface area (Å²) in [4.78, 5) is 36.9. The largest absolute Gasteiger partial charge is 0.497 e. The van der Waals surface area contributed by atoms with Crippen LogP contribution in [-0.2, 0) is 6.42 Å². The fourth-order valence-corrected chi connectivity index (χ4v) is 3.01. The number of carbonyl (C=O) groups is 2. The molecule has 0 bridgehead atoms. The van der Waals surface area contributed by atoms with Gasteiger partial charge in [-0.15, -0.1) is 0 Å². The molecule has 8 heteroatoms. The summed E-state index contributed by atoms with van der Waals surface area (Å²) >= 11 is 0. The number of Topliss-reactive ketones (excluding diaryl/α,β-unsaturated/α-hetero) is 2. The number of azo groups is 1. The molecule has 3 aromatic carbocycles. The van der Waals surface area contributed by atoms with E-state index in [1.807, 2.05) is 6.92 Å². The van der Waals surface area contributed by atoms with Gasteiger partial charge in [0.15, 0.2) is 17.6 Å². The first kappa shape index (κ1) is 22.5. The van der Waals surface area contributed by atoms with Crippen LogP contribution in [0.5, 0.6) is 5.75 Å². The molecule has 3 aromatic rings. The van der Waals surface area contributed by atoms with Crippen molar-refractivity contribution >= 4 is 22.9 Å². The average Bonchev–Trinajstić information content (AvgIpc) is 2.84. The first-order chi connectivity index (χ1) is 15.4. The number of non-ortho nitro benzene ring substituents is 1. The van der Waals surface area contributed by atoms with E-state index < -0.39 is 22.5 Å². The van der Waals surface area contributed by atoms with Gasteiger partial charge in [0.05, 0.1) is 17.7 Å². The van der Waals surface area contributed by atoms with Gasteiger partial charge >= 0.3 is 0 Å². The van der Waals surface area contributed by atoms with Crippen molar-refractivity contribution < 1.29 is 19.2 Å². The van der Waals surface area contributed by atoms with Crippen LogP contribution in [0.3, 0.4) is 0 Å². The molecule has 0 fully saturated rings. The van der Waals surface area contributed by atoms with Crippen molar-refractivity contribution in [3.63, 3.8) is 0 Å². The van der Waals surface area contributed by atoms with Gasteiger partial charge in [-0.05, 0) is 24.1 Å². The molecule has 1 unspecified atom stereocenters. The van der Waals surface area contributed by atoms with Crippen molar-refractivity contribution in [1.29, 1.82) is 0 Å². The van der Waals surface area contributed by atoms with E-state index >= 15 is 0 Å². The van der Waals surface area contributed by atoms with Gasteiger partial charge in [0.2, 0.25) is 0 Å². The summed E-state index contributed by atoms with van der Waals surface area (Å²) in [5, 5.41) is 19.2. The second-order valence-electron chi connectivity index (χ2n) is 6.91. The van der Waals surface area contributed by atoms with E-state index in [4.69, 9.17) is 4.74 Å². The van der Waals surface area contributed by atoms with Crippen LogP contribution in [0.25, 0.3) is 0 Å².